The molecule has 2 rings (SSSR count). The lowest BCUT2D eigenvalue weighted by Crippen LogP contribution is -2.27. The molecule has 232 valence electrons. The average molecular weight is 565 g/mol. The van der Waals surface area contributed by atoms with E-state index in [0.29, 0.717) is 11.5 Å². The van der Waals surface area contributed by atoms with Crippen LogP contribution in [0.5, 0.6) is 11.5 Å². The van der Waals surface area contributed by atoms with Crippen molar-refractivity contribution in [2.45, 2.75) is 165 Å². The van der Waals surface area contributed by atoms with Crippen molar-refractivity contribution in [2.24, 2.45) is 10.8 Å². The van der Waals surface area contributed by atoms with E-state index in [-0.39, 0.29) is 38.4 Å². The van der Waals surface area contributed by atoms with Gasteiger partial charge in [0, 0.05) is 17.0 Å². The molecule has 0 aliphatic heterocycles. The Labute approximate surface area is 254 Å². The highest BCUT2D eigenvalue weighted by molar-refractivity contribution is 5.57. The van der Waals surface area contributed by atoms with Crippen LogP contribution < -0.4 is 0 Å². The van der Waals surface area contributed by atoms with E-state index in [0.717, 1.165) is 41.5 Å². The van der Waals surface area contributed by atoms with Gasteiger partial charge in [-0.1, -0.05) is 142 Å². The van der Waals surface area contributed by atoms with Crippen molar-refractivity contribution in [1.29, 1.82) is 0 Å². The molecule has 0 amide bonds. The zero-order valence-electron chi connectivity index (χ0n) is 29.9. The Morgan fingerprint density at radius 3 is 1.02 bits per heavy atom. The van der Waals surface area contributed by atoms with Crippen molar-refractivity contribution in [3.05, 3.63) is 57.6 Å². The third-order valence-corrected chi connectivity index (χ3v) is 8.56. The summed E-state index contributed by atoms with van der Waals surface area (Å²) in [6.07, 6.45) is 2.83. The van der Waals surface area contributed by atoms with E-state index in [1.165, 1.54) is 11.1 Å². The van der Waals surface area contributed by atoms with Crippen LogP contribution in [0.1, 0.15) is 176 Å². The highest BCUT2D eigenvalue weighted by Gasteiger charge is 2.35. The van der Waals surface area contributed by atoms with E-state index in [2.05, 4.69) is 142 Å². The SMILES string of the molecule is CCC(c1cc(C(C)(C)CC(C)(C)C)cc(C(C)(C)C)c1O)c1cc(C(C)(C)CC(C)(C)C)cc(C(C)(C)C)c1O. The van der Waals surface area contributed by atoms with Gasteiger partial charge in [-0.25, -0.2) is 0 Å². The highest BCUT2D eigenvalue weighted by atomic mass is 16.3. The van der Waals surface area contributed by atoms with Crippen LogP contribution in [-0.4, -0.2) is 10.2 Å². The summed E-state index contributed by atoms with van der Waals surface area (Å²) < 4.78 is 0. The van der Waals surface area contributed by atoms with Gasteiger partial charge in [0.15, 0.2) is 0 Å². The van der Waals surface area contributed by atoms with E-state index in [1.807, 2.05) is 0 Å². The van der Waals surface area contributed by atoms with Crippen molar-refractivity contribution >= 4 is 0 Å². The number of rotatable bonds is 7. The number of phenolic OH excluding ortho intramolecular Hbond substituents is 2. The molecule has 0 saturated carbocycles. The van der Waals surface area contributed by atoms with Gasteiger partial charge in [0.1, 0.15) is 11.5 Å². The molecule has 0 atom stereocenters. The quantitative estimate of drug-likeness (QED) is 0.351. The average Bonchev–Trinajstić information content (AvgIpc) is 2.70. The maximum atomic E-state index is 11.9. The lowest BCUT2D eigenvalue weighted by molar-refractivity contribution is 0.283. The molecule has 0 heterocycles. The molecular formula is C39H64O2. The summed E-state index contributed by atoms with van der Waals surface area (Å²) in [5.74, 6) is 0.611. The third-order valence-electron chi connectivity index (χ3n) is 8.56. The van der Waals surface area contributed by atoms with Crippen LogP contribution in [0.15, 0.2) is 24.3 Å². The van der Waals surface area contributed by atoms with E-state index in [1.54, 1.807) is 0 Å². The smallest absolute Gasteiger partial charge is 0.123 e. The maximum absolute atomic E-state index is 11.9. The fourth-order valence-corrected chi connectivity index (χ4v) is 7.23. The number of hydrogen-bond donors (Lipinski definition) is 2. The van der Waals surface area contributed by atoms with Gasteiger partial charge in [-0.2, -0.15) is 0 Å². The second-order valence-electron chi connectivity index (χ2n) is 18.6. The van der Waals surface area contributed by atoms with Crippen LogP contribution in [0, 0.1) is 10.8 Å². The van der Waals surface area contributed by atoms with E-state index >= 15 is 0 Å². The largest absolute Gasteiger partial charge is 0.507 e. The summed E-state index contributed by atoms with van der Waals surface area (Å²) in [5.41, 5.74) is 6.06. The van der Waals surface area contributed by atoms with E-state index in [9.17, 15) is 10.2 Å². The minimum Gasteiger partial charge on any atom is -0.507 e. The van der Waals surface area contributed by atoms with Crippen LogP contribution in [0.4, 0.5) is 0 Å². The molecule has 2 N–H and O–H groups in total. The van der Waals surface area contributed by atoms with Crippen molar-refractivity contribution < 1.29 is 10.2 Å². The molecule has 0 unspecified atom stereocenters. The first-order chi connectivity index (χ1) is 18.1. The summed E-state index contributed by atoms with van der Waals surface area (Å²) in [6, 6.07) is 8.96. The van der Waals surface area contributed by atoms with Crippen LogP contribution in [-0.2, 0) is 21.7 Å². The monoisotopic (exact) mass is 564 g/mol. The molecule has 0 radical (unpaired) electrons. The molecule has 0 aromatic heterocycles. The van der Waals surface area contributed by atoms with Gasteiger partial charge >= 0.3 is 0 Å². The van der Waals surface area contributed by atoms with Gasteiger partial charge in [0.05, 0.1) is 0 Å². The molecular weight excluding hydrogens is 500 g/mol. The molecule has 2 aromatic carbocycles. The van der Waals surface area contributed by atoms with Crippen LogP contribution in [0.3, 0.4) is 0 Å². The predicted molar refractivity (Wildman–Crippen MR) is 180 cm³/mol. The Bertz CT molecular complexity index is 1120. The standard InChI is InChI=1S/C39H64O2/c1-18-27(28-19-25(38(14,15)23-34(2,3)4)21-30(32(28)40)36(8,9)10)29-20-26(39(16,17)24-35(5,6)7)22-31(33(29)41)37(11,12)13/h19-22,27,40-41H,18,23-24H2,1-17H3. The summed E-state index contributed by atoms with van der Waals surface area (Å²) in [6.45, 7) is 38.3. The van der Waals surface area contributed by atoms with Crippen LogP contribution in [0.2, 0.25) is 0 Å². The number of aromatic hydroxyl groups is 2. The minimum atomic E-state index is -0.222. The molecule has 41 heavy (non-hydrogen) atoms. The van der Waals surface area contributed by atoms with Gasteiger partial charge in [-0.3, -0.25) is 0 Å². The van der Waals surface area contributed by atoms with Crippen molar-refractivity contribution in [3.8, 4) is 11.5 Å². The fraction of sp³-hybridized carbons (Fsp3) is 0.692. The minimum absolute atomic E-state index is 0.0752. The van der Waals surface area contributed by atoms with Gasteiger partial charge in [-0.15, -0.1) is 0 Å². The number of benzene rings is 2. The predicted octanol–water partition coefficient (Wildman–Crippen LogP) is 11.7. The molecule has 2 nitrogen and oxygen atoms in total. The Kier molecular flexibility index (Phi) is 9.69. The first-order valence-corrected chi connectivity index (χ1v) is 15.9. The Morgan fingerprint density at radius 1 is 0.512 bits per heavy atom. The molecule has 0 bridgehead atoms. The Balaban J connectivity index is 2.99. The molecule has 2 aromatic rings. The van der Waals surface area contributed by atoms with E-state index in [4.69, 9.17) is 0 Å². The summed E-state index contributed by atoms with van der Waals surface area (Å²) in [5, 5.41) is 23.9. The lowest BCUT2D eigenvalue weighted by Gasteiger charge is -2.37. The summed E-state index contributed by atoms with van der Waals surface area (Å²) in [4.78, 5) is 0. The third kappa shape index (κ3) is 8.55. The van der Waals surface area contributed by atoms with Crippen LogP contribution in [0.25, 0.3) is 0 Å². The molecule has 0 saturated heterocycles. The van der Waals surface area contributed by atoms with Crippen molar-refractivity contribution in [1.82, 2.24) is 0 Å². The normalized spacial score (nSPS) is 14.2. The van der Waals surface area contributed by atoms with Crippen molar-refractivity contribution in [3.63, 3.8) is 0 Å². The Morgan fingerprint density at radius 2 is 0.805 bits per heavy atom. The van der Waals surface area contributed by atoms with Crippen LogP contribution >= 0.6 is 0 Å². The fourth-order valence-electron chi connectivity index (χ4n) is 7.23. The zero-order valence-corrected chi connectivity index (χ0v) is 29.9. The summed E-state index contributed by atoms with van der Waals surface area (Å²) in [7, 11) is 0. The van der Waals surface area contributed by atoms with Gasteiger partial charge in [0.25, 0.3) is 0 Å². The van der Waals surface area contributed by atoms with E-state index < -0.39 is 0 Å². The number of phenols is 2. The number of hydrogen-bond acceptors (Lipinski definition) is 2. The Hall–Kier alpha value is -1.96. The van der Waals surface area contributed by atoms with Gasteiger partial charge in [-0.05, 0) is 74.0 Å². The first kappa shape index (κ1) is 35.2. The molecule has 2 heteroatoms. The van der Waals surface area contributed by atoms with Gasteiger partial charge < -0.3 is 10.2 Å². The topological polar surface area (TPSA) is 40.5 Å². The highest BCUT2D eigenvalue weighted by Crippen LogP contribution is 2.49. The first-order valence-electron chi connectivity index (χ1n) is 15.9. The molecule has 0 aliphatic rings. The van der Waals surface area contributed by atoms with Gasteiger partial charge in [0.2, 0.25) is 0 Å². The zero-order chi connectivity index (χ0) is 32.1. The molecule has 0 spiro atoms. The second-order valence-corrected chi connectivity index (χ2v) is 18.6. The maximum Gasteiger partial charge on any atom is 0.123 e. The summed E-state index contributed by atoms with van der Waals surface area (Å²) >= 11 is 0. The molecule has 0 fully saturated rings. The lowest BCUT2D eigenvalue weighted by atomic mass is 9.68. The van der Waals surface area contributed by atoms with Crippen molar-refractivity contribution in [2.75, 3.05) is 0 Å². The second kappa shape index (κ2) is 11.3. The molecule has 0 aliphatic carbocycles.